The second-order valence-electron chi connectivity index (χ2n) is 5.26. The van der Waals surface area contributed by atoms with E-state index < -0.39 is 0 Å². The molecule has 1 heterocycles. The van der Waals surface area contributed by atoms with E-state index >= 15 is 0 Å². The number of nitrogens with one attached hydrogen (secondary N) is 1. The van der Waals surface area contributed by atoms with Crippen LogP contribution in [0.2, 0.25) is 0 Å². The lowest BCUT2D eigenvalue weighted by atomic mass is 10.0. The molecule has 0 radical (unpaired) electrons. The lowest BCUT2D eigenvalue weighted by molar-refractivity contribution is 0.102. The Morgan fingerprint density at radius 3 is 2.62 bits per heavy atom. The number of halogens is 1. The zero-order valence-corrected chi connectivity index (χ0v) is 12.4. The summed E-state index contributed by atoms with van der Waals surface area (Å²) >= 11 is 1.53. The highest BCUT2D eigenvalue weighted by atomic mass is 32.1. The molecule has 3 N–H and O–H groups in total. The van der Waals surface area contributed by atoms with Crippen molar-refractivity contribution in [2.24, 2.45) is 0 Å². The highest BCUT2D eigenvalue weighted by Crippen LogP contribution is 2.35. The number of amides is 1. The van der Waals surface area contributed by atoms with E-state index in [1.54, 1.807) is 12.1 Å². The number of fused-ring (bicyclic) bond motifs is 1. The second-order valence-corrected chi connectivity index (χ2v) is 6.40. The number of hydrogen-bond acceptors (Lipinski definition) is 3. The first-order valence-electron chi connectivity index (χ1n) is 7.12. The number of rotatable bonds is 2. The first-order valence-corrected chi connectivity index (χ1v) is 7.94. The Kier molecular flexibility index (Phi) is 3.92. The number of nitrogens with two attached hydrogens (primary N) is 1. The summed E-state index contributed by atoms with van der Waals surface area (Å²) in [6, 6.07) is 5.75. The summed E-state index contributed by atoms with van der Waals surface area (Å²) in [6.45, 7) is 0. The van der Waals surface area contributed by atoms with E-state index in [4.69, 9.17) is 5.73 Å². The molecule has 1 aromatic carbocycles. The Morgan fingerprint density at radius 2 is 1.86 bits per heavy atom. The zero-order valence-electron chi connectivity index (χ0n) is 11.6. The number of carbonyl (C=O) groups is 1. The van der Waals surface area contributed by atoms with Gasteiger partial charge in [0.1, 0.15) is 5.82 Å². The predicted octanol–water partition coefficient (Wildman–Crippen LogP) is 3.99. The van der Waals surface area contributed by atoms with Gasteiger partial charge in [-0.3, -0.25) is 4.79 Å². The number of aryl methyl sites for hydroxylation is 1. The number of thiophene rings is 1. The third-order valence-electron chi connectivity index (χ3n) is 3.78. The maximum atomic E-state index is 12.9. The quantitative estimate of drug-likeness (QED) is 0.824. The van der Waals surface area contributed by atoms with Gasteiger partial charge < -0.3 is 11.1 Å². The lowest BCUT2D eigenvalue weighted by Crippen LogP contribution is -2.14. The molecule has 0 unspecified atom stereocenters. The van der Waals surface area contributed by atoms with Crippen LogP contribution >= 0.6 is 11.3 Å². The minimum absolute atomic E-state index is 0.196. The van der Waals surface area contributed by atoms with E-state index in [9.17, 15) is 9.18 Å². The van der Waals surface area contributed by atoms with E-state index in [1.165, 1.54) is 34.8 Å². The first kappa shape index (κ1) is 14.1. The molecule has 3 nitrogen and oxygen atoms in total. The third-order valence-corrected chi connectivity index (χ3v) is 4.90. The Balaban J connectivity index is 1.87. The minimum Gasteiger partial charge on any atom is -0.390 e. The monoisotopic (exact) mass is 304 g/mol. The van der Waals surface area contributed by atoms with Gasteiger partial charge in [-0.15, -0.1) is 11.3 Å². The van der Waals surface area contributed by atoms with Gasteiger partial charge >= 0.3 is 0 Å². The molecule has 1 amide bonds. The fraction of sp³-hybridized carbons (Fsp3) is 0.312. The summed E-state index contributed by atoms with van der Waals surface area (Å²) in [7, 11) is 0. The van der Waals surface area contributed by atoms with E-state index in [1.807, 2.05) is 0 Å². The smallest absolute Gasteiger partial charge is 0.258 e. The van der Waals surface area contributed by atoms with Crippen LogP contribution in [0.15, 0.2) is 24.3 Å². The van der Waals surface area contributed by atoms with Crippen molar-refractivity contribution in [3.63, 3.8) is 0 Å². The summed E-state index contributed by atoms with van der Waals surface area (Å²) in [5.74, 6) is -0.518. The number of anilines is 2. The molecule has 0 atom stereocenters. The topological polar surface area (TPSA) is 55.1 Å². The highest BCUT2D eigenvalue weighted by molar-refractivity contribution is 7.16. The molecule has 0 fully saturated rings. The maximum absolute atomic E-state index is 12.9. The van der Waals surface area contributed by atoms with Crippen molar-refractivity contribution >= 4 is 27.9 Å². The summed E-state index contributed by atoms with van der Waals surface area (Å²) in [5, 5.41) is 3.39. The first-order chi connectivity index (χ1) is 10.1. The van der Waals surface area contributed by atoms with Gasteiger partial charge in [-0.25, -0.2) is 4.39 Å². The van der Waals surface area contributed by atoms with Gasteiger partial charge in [0.05, 0.1) is 10.6 Å². The van der Waals surface area contributed by atoms with E-state index in [0.717, 1.165) is 31.2 Å². The molecular formula is C16H17FN2OS. The van der Waals surface area contributed by atoms with Crippen LogP contribution in [0, 0.1) is 5.82 Å². The van der Waals surface area contributed by atoms with Crippen molar-refractivity contribution in [1.29, 1.82) is 0 Å². The van der Waals surface area contributed by atoms with Gasteiger partial charge in [-0.1, -0.05) is 6.42 Å². The number of benzene rings is 1. The molecule has 0 aliphatic heterocycles. The largest absolute Gasteiger partial charge is 0.390 e. The maximum Gasteiger partial charge on any atom is 0.258 e. The Labute approximate surface area is 127 Å². The average Bonchev–Trinajstić information content (AvgIpc) is 2.62. The van der Waals surface area contributed by atoms with Gasteiger partial charge in [0.15, 0.2) is 0 Å². The van der Waals surface area contributed by atoms with Crippen LogP contribution in [0.3, 0.4) is 0 Å². The normalized spacial score (nSPS) is 14.3. The summed E-state index contributed by atoms with van der Waals surface area (Å²) in [6.07, 6.45) is 5.37. The molecule has 1 aliphatic rings. The van der Waals surface area contributed by atoms with Gasteiger partial charge in [-0.05, 0) is 55.5 Å². The van der Waals surface area contributed by atoms with E-state index in [-0.39, 0.29) is 11.7 Å². The van der Waals surface area contributed by atoms with E-state index in [0.29, 0.717) is 16.3 Å². The molecule has 3 rings (SSSR count). The zero-order chi connectivity index (χ0) is 14.8. The van der Waals surface area contributed by atoms with Crippen LogP contribution in [0.1, 0.15) is 40.1 Å². The second kappa shape index (κ2) is 5.85. The van der Waals surface area contributed by atoms with Gasteiger partial charge in [0, 0.05) is 10.6 Å². The average molecular weight is 304 g/mol. The Morgan fingerprint density at radius 1 is 1.14 bits per heavy atom. The number of hydrogen-bond donors (Lipinski definition) is 2. The Bertz CT molecular complexity index is 664. The van der Waals surface area contributed by atoms with Crippen LogP contribution in [-0.2, 0) is 12.8 Å². The molecule has 1 aromatic heterocycles. The molecule has 110 valence electrons. The summed E-state index contributed by atoms with van der Waals surface area (Å²) in [5.41, 5.74) is 8.34. The van der Waals surface area contributed by atoms with E-state index in [2.05, 4.69) is 5.32 Å². The SMILES string of the molecule is Nc1sc2c(c1C(=O)Nc1ccc(F)cc1)CCCCC2. The number of carbonyl (C=O) groups excluding carboxylic acids is 1. The molecule has 0 saturated heterocycles. The minimum atomic E-state index is -0.322. The lowest BCUT2D eigenvalue weighted by Gasteiger charge is -2.07. The van der Waals surface area contributed by atoms with Crippen molar-refractivity contribution in [3.05, 3.63) is 46.1 Å². The highest BCUT2D eigenvalue weighted by Gasteiger charge is 2.23. The molecule has 1 aliphatic carbocycles. The van der Waals surface area contributed by atoms with Crippen LogP contribution in [0.5, 0.6) is 0 Å². The Hall–Kier alpha value is -1.88. The van der Waals surface area contributed by atoms with Crippen molar-refractivity contribution in [3.8, 4) is 0 Å². The fourth-order valence-corrected chi connectivity index (χ4v) is 3.90. The molecule has 0 saturated carbocycles. The molecule has 0 bridgehead atoms. The summed E-state index contributed by atoms with van der Waals surface area (Å²) < 4.78 is 12.9. The van der Waals surface area contributed by atoms with Gasteiger partial charge in [0.25, 0.3) is 5.91 Å². The molecule has 0 spiro atoms. The fourth-order valence-electron chi connectivity index (χ4n) is 2.74. The van der Waals surface area contributed by atoms with Gasteiger partial charge in [-0.2, -0.15) is 0 Å². The number of nitrogen functional groups attached to an aromatic ring is 1. The van der Waals surface area contributed by atoms with Crippen molar-refractivity contribution < 1.29 is 9.18 Å². The predicted molar refractivity (Wildman–Crippen MR) is 84.3 cm³/mol. The van der Waals surface area contributed by atoms with Crippen LogP contribution in [0.4, 0.5) is 15.1 Å². The van der Waals surface area contributed by atoms with Crippen molar-refractivity contribution in [2.75, 3.05) is 11.1 Å². The van der Waals surface area contributed by atoms with Crippen LogP contribution < -0.4 is 11.1 Å². The standard InChI is InChI=1S/C16H17FN2OS/c17-10-6-8-11(9-7-10)19-16(20)14-12-4-2-1-3-5-13(12)21-15(14)18/h6-9H,1-5,18H2,(H,19,20). The molecule has 2 aromatic rings. The summed E-state index contributed by atoms with van der Waals surface area (Å²) in [4.78, 5) is 13.7. The van der Waals surface area contributed by atoms with Crippen LogP contribution in [-0.4, -0.2) is 5.91 Å². The van der Waals surface area contributed by atoms with Crippen molar-refractivity contribution in [1.82, 2.24) is 0 Å². The van der Waals surface area contributed by atoms with Crippen LogP contribution in [0.25, 0.3) is 0 Å². The molecule has 21 heavy (non-hydrogen) atoms. The molecular weight excluding hydrogens is 287 g/mol. The van der Waals surface area contributed by atoms with Gasteiger partial charge in [0.2, 0.25) is 0 Å². The third kappa shape index (κ3) is 2.93. The molecule has 5 heteroatoms. The van der Waals surface area contributed by atoms with Crippen molar-refractivity contribution in [2.45, 2.75) is 32.1 Å².